The molecule has 1 saturated heterocycles. The summed E-state index contributed by atoms with van der Waals surface area (Å²) in [5.41, 5.74) is 6.93. The molecule has 0 radical (unpaired) electrons. The maximum Gasteiger partial charge on any atom is 0.255 e. The average Bonchev–Trinajstić information content (AvgIpc) is 2.64. The maximum absolute atomic E-state index is 12.7. The van der Waals surface area contributed by atoms with Gasteiger partial charge in [0, 0.05) is 45.5 Å². The molecule has 136 valence electrons. The van der Waals surface area contributed by atoms with Crippen LogP contribution in [0.2, 0.25) is 0 Å². The number of hydrogen-bond donors (Lipinski definition) is 1. The van der Waals surface area contributed by atoms with Crippen LogP contribution in [0.1, 0.15) is 15.9 Å². The van der Waals surface area contributed by atoms with E-state index in [1.165, 1.54) is 22.9 Å². The zero-order chi connectivity index (χ0) is 18.7. The summed E-state index contributed by atoms with van der Waals surface area (Å²) in [6, 6.07) is 12.2. The van der Waals surface area contributed by atoms with Gasteiger partial charge >= 0.3 is 0 Å². The Morgan fingerprint density at radius 3 is 2.50 bits per heavy atom. The van der Waals surface area contributed by atoms with Crippen LogP contribution in [0.25, 0.3) is 0 Å². The van der Waals surface area contributed by atoms with E-state index < -0.39 is 11.9 Å². The molecule has 7 nitrogen and oxygen atoms in total. The summed E-state index contributed by atoms with van der Waals surface area (Å²) in [7, 11) is 1.60. The van der Waals surface area contributed by atoms with Crippen LogP contribution in [0.4, 0.5) is 0 Å². The maximum atomic E-state index is 12.7. The summed E-state index contributed by atoms with van der Waals surface area (Å²) < 4.78 is 1.37. The van der Waals surface area contributed by atoms with E-state index in [-0.39, 0.29) is 18.0 Å². The Balaban J connectivity index is 1.74. The number of primary amides is 1. The summed E-state index contributed by atoms with van der Waals surface area (Å²) in [6.07, 6.45) is 1.51. The quantitative estimate of drug-likeness (QED) is 0.849. The Labute approximate surface area is 151 Å². The number of carbonyl (C=O) groups is 2. The van der Waals surface area contributed by atoms with Gasteiger partial charge in [0.15, 0.2) is 0 Å². The molecular weight excluding hydrogens is 332 g/mol. The van der Waals surface area contributed by atoms with Crippen molar-refractivity contribution in [1.29, 1.82) is 0 Å². The second-order valence-electron chi connectivity index (χ2n) is 6.49. The Bertz CT molecular complexity index is 863. The van der Waals surface area contributed by atoms with E-state index in [4.69, 9.17) is 5.73 Å². The predicted molar refractivity (Wildman–Crippen MR) is 97.4 cm³/mol. The number of aromatic nitrogens is 1. The highest BCUT2D eigenvalue weighted by molar-refractivity contribution is 5.94. The smallest absolute Gasteiger partial charge is 0.255 e. The third-order valence-electron chi connectivity index (χ3n) is 4.67. The first kappa shape index (κ1) is 17.9. The van der Waals surface area contributed by atoms with Gasteiger partial charge in [-0.05, 0) is 11.6 Å². The van der Waals surface area contributed by atoms with Crippen LogP contribution in [0, 0.1) is 0 Å². The lowest BCUT2D eigenvalue weighted by atomic mass is 10.1. The Kier molecular flexibility index (Phi) is 5.18. The first-order valence-corrected chi connectivity index (χ1v) is 8.49. The molecule has 0 spiro atoms. The first-order chi connectivity index (χ1) is 12.5. The van der Waals surface area contributed by atoms with Gasteiger partial charge in [0.1, 0.15) is 6.04 Å². The van der Waals surface area contributed by atoms with Gasteiger partial charge in [-0.2, -0.15) is 0 Å². The van der Waals surface area contributed by atoms with Crippen molar-refractivity contribution >= 4 is 11.8 Å². The van der Waals surface area contributed by atoms with Crippen LogP contribution in [0.15, 0.2) is 53.5 Å². The molecule has 2 N–H and O–H groups in total. The monoisotopic (exact) mass is 354 g/mol. The minimum atomic E-state index is -0.541. The normalized spacial score (nSPS) is 17.9. The van der Waals surface area contributed by atoms with E-state index in [1.807, 2.05) is 35.2 Å². The lowest BCUT2D eigenvalue weighted by Crippen LogP contribution is -2.58. The van der Waals surface area contributed by atoms with E-state index in [1.54, 1.807) is 11.9 Å². The highest BCUT2D eigenvalue weighted by atomic mass is 16.2. The van der Waals surface area contributed by atoms with Crippen LogP contribution < -0.4 is 11.3 Å². The summed E-state index contributed by atoms with van der Waals surface area (Å²) in [4.78, 5) is 39.8. The van der Waals surface area contributed by atoms with Crippen molar-refractivity contribution in [2.75, 3.05) is 19.6 Å². The third kappa shape index (κ3) is 3.83. The van der Waals surface area contributed by atoms with Crippen molar-refractivity contribution < 1.29 is 9.59 Å². The molecule has 0 bridgehead atoms. The topological polar surface area (TPSA) is 88.6 Å². The van der Waals surface area contributed by atoms with Crippen LogP contribution in [0.3, 0.4) is 0 Å². The molecule has 2 heterocycles. The van der Waals surface area contributed by atoms with E-state index in [0.717, 1.165) is 5.56 Å². The van der Waals surface area contributed by atoms with Crippen molar-refractivity contribution in [3.8, 4) is 0 Å². The molecule has 1 aliphatic rings. The van der Waals surface area contributed by atoms with Crippen LogP contribution in [-0.4, -0.2) is 51.9 Å². The van der Waals surface area contributed by atoms with Gasteiger partial charge in [-0.25, -0.2) is 0 Å². The zero-order valence-corrected chi connectivity index (χ0v) is 14.7. The number of piperazine rings is 1. The molecule has 1 aromatic carbocycles. The highest BCUT2D eigenvalue weighted by Crippen LogP contribution is 2.16. The van der Waals surface area contributed by atoms with Gasteiger partial charge in [-0.3, -0.25) is 19.3 Å². The molecule has 0 unspecified atom stereocenters. The average molecular weight is 354 g/mol. The SMILES string of the molecule is Cn1cc(C(=O)N2CCN(Cc3ccccc3)[C@H](C(N)=O)C2)ccc1=O. The molecular formula is C19H22N4O3. The summed E-state index contributed by atoms with van der Waals surface area (Å²) >= 11 is 0. The van der Waals surface area contributed by atoms with E-state index in [2.05, 4.69) is 0 Å². The number of carbonyl (C=O) groups excluding carboxylic acids is 2. The summed E-state index contributed by atoms with van der Waals surface area (Å²) in [5.74, 6) is -0.648. The van der Waals surface area contributed by atoms with Gasteiger partial charge in [-0.15, -0.1) is 0 Å². The molecule has 2 amide bonds. The third-order valence-corrected chi connectivity index (χ3v) is 4.67. The fourth-order valence-electron chi connectivity index (χ4n) is 3.19. The standard InChI is InChI=1S/C19H22N4O3/c1-21-12-15(7-8-17(21)24)19(26)23-10-9-22(16(13-23)18(20)25)11-14-5-3-2-4-6-14/h2-8,12,16H,9-11,13H2,1H3,(H2,20,25)/t16-/m0/s1. The minimum absolute atomic E-state index is 0.177. The van der Waals surface area contributed by atoms with Crippen molar-refractivity contribution in [1.82, 2.24) is 14.4 Å². The second kappa shape index (κ2) is 7.53. The second-order valence-corrected chi connectivity index (χ2v) is 6.49. The van der Waals surface area contributed by atoms with E-state index >= 15 is 0 Å². The van der Waals surface area contributed by atoms with Gasteiger partial charge in [0.05, 0.1) is 5.56 Å². The number of nitrogens with zero attached hydrogens (tertiary/aromatic N) is 3. The number of benzene rings is 1. The molecule has 2 aromatic rings. The van der Waals surface area contributed by atoms with E-state index in [9.17, 15) is 14.4 Å². The van der Waals surface area contributed by atoms with Crippen molar-refractivity contribution in [2.24, 2.45) is 12.8 Å². The van der Waals surface area contributed by atoms with Gasteiger partial charge in [0.2, 0.25) is 11.5 Å². The van der Waals surface area contributed by atoms with Gasteiger partial charge < -0.3 is 15.2 Å². The number of amides is 2. The molecule has 1 atom stereocenters. The Morgan fingerprint density at radius 2 is 1.85 bits per heavy atom. The molecule has 1 aromatic heterocycles. The Hall–Kier alpha value is -2.93. The van der Waals surface area contributed by atoms with E-state index in [0.29, 0.717) is 25.2 Å². The molecule has 1 aliphatic heterocycles. The first-order valence-electron chi connectivity index (χ1n) is 8.49. The van der Waals surface area contributed by atoms with Gasteiger partial charge in [-0.1, -0.05) is 30.3 Å². The fraction of sp³-hybridized carbons (Fsp3) is 0.316. The zero-order valence-electron chi connectivity index (χ0n) is 14.7. The van der Waals surface area contributed by atoms with Crippen molar-refractivity contribution in [3.63, 3.8) is 0 Å². The molecule has 26 heavy (non-hydrogen) atoms. The number of aryl methyl sites for hydroxylation is 1. The highest BCUT2D eigenvalue weighted by Gasteiger charge is 2.33. The number of pyridine rings is 1. The minimum Gasteiger partial charge on any atom is -0.368 e. The van der Waals surface area contributed by atoms with Crippen LogP contribution >= 0.6 is 0 Å². The molecule has 3 rings (SSSR count). The number of nitrogens with two attached hydrogens (primary N) is 1. The summed E-state index contributed by atoms with van der Waals surface area (Å²) in [6.45, 7) is 1.90. The molecule has 1 fully saturated rings. The molecule has 0 saturated carbocycles. The van der Waals surface area contributed by atoms with Crippen LogP contribution in [0.5, 0.6) is 0 Å². The van der Waals surface area contributed by atoms with Crippen LogP contribution in [-0.2, 0) is 18.4 Å². The molecule has 7 heteroatoms. The predicted octanol–water partition coefficient (Wildman–Crippen LogP) is 0.197. The largest absolute Gasteiger partial charge is 0.368 e. The lowest BCUT2D eigenvalue weighted by Gasteiger charge is -2.40. The fourth-order valence-corrected chi connectivity index (χ4v) is 3.19. The number of hydrogen-bond acceptors (Lipinski definition) is 4. The van der Waals surface area contributed by atoms with Crippen molar-refractivity contribution in [2.45, 2.75) is 12.6 Å². The Morgan fingerprint density at radius 1 is 1.12 bits per heavy atom. The summed E-state index contributed by atoms with van der Waals surface area (Å²) in [5, 5.41) is 0. The lowest BCUT2D eigenvalue weighted by molar-refractivity contribution is -0.125. The molecule has 0 aliphatic carbocycles. The van der Waals surface area contributed by atoms with Crippen molar-refractivity contribution in [3.05, 3.63) is 70.1 Å². The number of rotatable bonds is 4. The van der Waals surface area contributed by atoms with Gasteiger partial charge in [0.25, 0.3) is 5.91 Å².